The number of anilines is 1. The zero-order valence-electron chi connectivity index (χ0n) is 13.5. The molecule has 1 aliphatic rings. The number of urea groups is 1. The van der Waals surface area contributed by atoms with Crippen LogP contribution in [-0.2, 0) is 16.6 Å². The third kappa shape index (κ3) is 2.49. The number of para-hydroxylation sites is 1. The number of aromatic nitrogens is 4. The highest BCUT2D eigenvalue weighted by molar-refractivity contribution is 7.90. The summed E-state index contributed by atoms with van der Waals surface area (Å²) in [5, 5.41) is 3.77. The van der Waals surface area contributed by atoms with E-state index in [0.717, 1.165) is 0 Å². The molecule has 3 aromatic rings. The van der Waals surface area contributed by atoms with Crippen LogP contribution in [0.25, 0.3) is 11.5 Å². The molecule has 0 fully saturated rings. The summed E-state index contributed by atoms with van der Waals surface area (Å²) in [5.74, 6) is 0.154. The van der Waals surface area contributed by atoms with Crippen molar-refractivity contribution >= 4 is 21.7 Å². The Balaban J connectivity index is 1.69. The van der Waals surface area contributed by atoms with E-state index in [0.29, 0.717) is 15.7 Å². The lowest BCUT2D eigenvalue weighted by Gasteiger charge is -2.33. The normalized spacial score (nSPS) is 15.8. The number of amides is 2. The quantitative estimate of drug-likeness (QED) is 0.674. The highest BCUT2D eigenvalue weighted by Crippen LogP contribution is 2.33. The van der Waals surface area contributed by atoms with Gasteiger partial charge in [0.05, 0.1) is 5.69 Å². The molecular formula is C15H12N6O4S. The number of rotatable bonds is 3. The molecule has 2 aromatic heterocycles. The van der Waals surface area contributed by atoms with Gasteiger partial charge >= 0.3 is 6.03 Å². The van der Waals surface area contributed by atoms with Crippen LogP contribution in [0.1, 0.15) is 5.89 Å². The molecule has 2 amide bonds. The molecule has 0 radical (unpaired) electrons. The SMILES string of the molecule is CN1C(=O)N(Cc2nc(-c3ccncn3)no2)S(=O)(=O)c2ccccc21. The molecule has 10 nitrogen and oxygen atoms in total. The maximum absolute atomic E-state index is 12.8. The van der Waals surface area contributed by atoms with Crippen LogP contribution in [0.15, 0.2) is 52.3 Å². The van der Waals surface area contributed by atoms with Crippen molar-refractivity contribution in [2.45, 2.75) is 11.4 Å². The van der Waals surface area contributed by atoms with Gasteiger partial charge in [-0.3, -0.25) is 4.90 Å². The van der Waals surface area contributed by atoms with E-state index in [4.69, 9.17) is 4.52 Å². The Hall–Kier alpha value is -3.34. The largest absolute Gasteiger partial charge is 0.338 e. The molecule has 0 spiro atoms. The van der Waals surface area contributed by atoms with Crippen molar-refractivity contribution in [1.29, 1.82) is 0 Å². The molecule has 0 atom stereocenters. The molecule has 1 aromatic carbocycles. The van der Waals surface area contributed by atoms with Crippen LogP contribution in [0.3, 0.4) is 0 Å². The fraction of sp³-hybridized carbons (Fsp3) is 0.133. The Labute approximate surface area is 148 Å². The first-order valence-corrected chi connectivity index (χ1v) is 8.91. The summed E-state index contributed by atoms with van der Waals surface area (Å²) < 4.78 is 31.4. The lowest BCUT2D eigenvalue weighted by Crippen LogP contribution is -2.48. The monoisotopic (exact) mass is 372 g/mol. The Bertz CT molecular complexity index is 1080. The fourth-order valence-corrected chi connectivity index (χ4v) is 4.13. The van der Waals surface area contributed by atoms with E-state index in [1.165, 1.54) is 30.5 Å². The molecule has 0 aliphatic carbocycles. The van der Waals surface area contributed by atoms with E-state index in [2.05, 4.69) is 20.1 Å². The fourth-order valence-electron chi connectivity index (χ4n) is 2.57. The standard InChI is InChI=1S/C15H12N6O4S/c1-20-11-4-2-3-5-12(11)26(23,24)21(15(20)22)8-13-18-14(19-25-13)10-6-7-16-9-17-10/h2-7,9H,8H2,1H3. The van der Waals surface area contributed by atoms with Crippen LogP contribution in [0.4, 0.5) is 10.5 Å². The van der Waals surface area contributed by atoms with Crippen molar-refractivity contribution in [3.63, 3.8) is 0 Å². The first-order chi connectivity index (χ1) is 12.5. The van der Waals surface area contributed by atoms with Gasteiger partial charge < -0.3 is 4.52 Å². The van der Waals surface area contributed by atoms with Crippen LogP contribution >= 0.6 is 0 Å². The molecule has 4 rings (SSSR count). The van der Waals surface area contributed by atoms with Crippen molar-refractivity contribution in [2.24, 2.45) is 0 Å². The van der Waals surface area contributed by atoms with Crippen LogP contribution in [0, 0.1) is 0 Å². The van der Waals surface area contributed by atoms with Gasteiger partial charge in [0.2, 0.25) is 11.7 Å². The van der Waals surface area contributed by atoms with Gasteiger partial charge in [0.25, 0.3) is 10.0 Å². The predicted molar refractivity (Wildman–Crippen MR) is 88.3 cm³/mol. The Kier molecular flexibility index (Phi) is 3.65. The topological polar surface area (TPSA) is 122 Å². The van der Waals surface area contributed by atoms with E-state index in [-0.39, 0.29) is 23.2 Å². The second-order valence-corrected chi connectivity index (χ2v) is 7.26. The maximum atomic E-state index is 12.8. The summed E-state index contributed by atoms with van der Waals surface area (Å²) in [6.07, 6.45) is 2.85. The molecule has 0 bridgehead atoms. The average molecular weight is 372 g/mol. The number of nitrogens with zero attached hydrogens (tertiary/aromatic N) is 6. The molecule has 11 heteroatoms. The van der Waals surface area contributed by atoms with Gasteiger partial charge in [0.15, 0.2) is 0 Å². The summed E-state index contributed by atoms with van der Waals surface area (Å²) >= 11 is 0. The predicted octanol–water partition coefficient (Wildman–Crippen LogP) is 1.29. The van der Waals surface area contributed by atoms with Crippen molar-refractivity contribution in [2.75, 3.05) is 11.9 Å². The molecule has 26 heavy (non-hydrogen) atoms. The minimum atomic E-state index is -4.03. The first kappa shape index (κ1) is 16.1. The summed E-state index contributed by atoms with van der Waals surface area (Å²) in [6.45, 7) is -0.377. The molecule has 0 unspecified atom stereocenters. The molecule has 132 valence electrons. The van der Waals surface area contributed by atoms with Crippen molar-refractivity contribution in [1.82, 2.24) is 24.4 Å². The molecular weight excluding hydrogens is 360 g/mol. The van der Waals surface area contributed by atoms with Crippen LogP contribution in [-0.4, -0.2) is 45.9 Å². The number of carbonyl (C=O) groups is 1. The second-order valence-electron chi connectivity index (χ2n) is 5.43. The number of benzene rings is 1. The van der Waals surface area contributed by atoms with Crippen molar-refractivity contribution < 1.29 is 17.7 Å². The number of hydrogen-bond acceptors (Lipinski definition) is 8. The van der Waals surface area contributed by atoms with Gasteiger partial charge in [-0.25, -0.2) is 27.5 Å². The second kappa shape index (κ2) is 5.88. The van der Waals surface area contributed by atoms with Crippen LogP contribution < -0.4 is 4.90 Å². The Morgan fingerprint density at radius 2 is 2.00 bits per heavy atom. The van der Waals surface area contributed by atoms with Gasteiger partial charge in [-0.2, -0.15) is 4.98 Å². The van der Waals surface area contributed by atoms with Gasteiger partial charge in [0, 0.05) is 13.2 Å². The number of fused-ring (bicyclic) bond motifs is 1. The number of sulfonamides is 1. The minimum absolute atomic E-state index is 0.0247. The van der Waals surface area contributed by atoms with E-state index < -0.39 is 16.1 Å². The van der Waals surface area contributed by atoms with Crippen LogP contribution in [0.5, 0.6) is 0 Å². The lowest BCUT2D eigenvalue weighted by atomic mass is 10.3. The van der Waals surface area contributed by atoms with Crippen LogP contribution in [0.2, 0.25) is 0 Å². The molecule has 0 saturated carbocycles. The number of carbonyl (C=O) groups excluding carboxylic acids is 1. The molecule has 0 N–H and O–H groups in total. The van der Waals surface area contributed by atoms with Gasteiger partial charge in [-0.05, 0) is 18.2 Å². The minimum Gasteiger partial charge on any atom is -0.337 e. The zero-order chi connectivity index (χ0) is 18.3. The third-order valence-corrected chi connectivity index (χ3v) is 5.62. The van der Waals surface area contributed by atoms with Crippen molar-refractivity contribution in [3.05, 3.63) is 48.7 Å². The van der Waals surface area contributed by atoms with E-state index in [1.807, 2.05) is 0 Å². The summed E-state index contributed by atoms with van der Waals surface area (Å²) in [5.41, 5.74) is 0.742. The van der Waals surface area contributed by atoms with Crippen molar-refractivity contribution in [3.8, 4) is 11.5 Å². The highest BCUT2D eigenvalue weighted by Gasteiger charge is 2.40. The van der Waals surface area contributed by atoms with E-state index in [9.17, 15) is 13.2 Å². The summed E-state index contributed by atoms with van der Waals surface area (Å²) in [6, 6.07) is 7.16. The summed E-state index contributed by atoms with van der Waals surface area (Å²) in [4.78, 5) is 25.7. The Morgan fingerprint density at radius 3 is 2.77 bits per heavy atom. The smallest absolute Gasteiger partial charge is 0.337 e. The molecule has 0 saturated heterocycles. The number of hydrogen-bond donors (Lipinski definition) is 0. The van der Waals surface area contributed by atoms with E-state index >= 15 is 0 Å². The molecule has 3 heterocycles. The molecule has 1 aliphatic heterocycles. The maximum Gasteiger partial charge on any atom is 0.338 e. The Morgan fingerprint density at radius 1 is 1.19 bits per heavy atom. The van der Waals surface area contributed by atoms with E-state index in [1.54, 1.807) is 24.3 Å². The average Bonchev–Trinajstić information content (AvgIpc) is 3.13. The third-order valence-electron chi connectivity index (χ3n) is 3.85. The van der Waals surface area contributed by atoms with Gasteiger partial charge in [-0.1, -0.05) is 17.3 Å². The van der Waals surface area contributed by atoms with Gasteiger partial charge in [0.1, 0.15) is 23.5 Å². The highest BCUT2D eigenvalue weighted by atomic mass is 32.2. The lowest BCUT2D eigenvalue weighted by molar-refractivity contribution is 0.222. The van der Waals surface area contributed by atoms with Gasteiger partial charge in [-0.15, -0.1) is 0 Å². The summed E-state index contributed by atoms with van der Waals surface area (Å²) in [7, 11) is -2.53. The first-order valence-electron chi connectivity index (χ1n) is 7.47. The zero-order valence-corrected chi connectivity index (χ0v) is 14.3.